The first-order valence-corrected chi connectivity index (χ1v) is 16.2. The molecule has 0 spiro atoms. The Bertz CT molecular complexity index is 2040. The molecule has 1 fully saturated rings. The van der Waals surface area contributed by atoms with Gasteiger partial charge in [0.1, 0.15) is 25.1 Å². The van der Waals surface area contributed by atoms with Crippen molar-refractivity contribution in [1.82, 2.24) is 24.8 Å². The van der Waals surface area contributed by atoms with Crippen molar-refractivity contribution in [2.45, 2.75) is 64.5 Å². The van der Waals surface area contributed by atoms with Crippen molar-refractivity contribution in [3.8, 4) is 5.88 Å². The fourth-order valence-corrected chi connectivity index (χ4v) is 5.58. The molecule has 1 saturated heterocycles. The van der Waals surface area contributed by atoms with E-state index in [0.29, 0.717) is 11.4 Å². The molecule has 0 unspecified atom stereocenters. The first-order valence-electron chi connectivity index (χ1n) is 16.2. The topological polar surface area (TPSA) is 219 Å². The van der Waals surface area contributed by atoms with E-state index in [1.165, 1.54) is 4.90 Å². The minimum atomic E-state index is -5.48. The van der Waals surface area contributed by atoms with Gasteiger partial charge in [0, 0.05) is 27.7 Å². The predicted molar refractivity (Wildman–Crippen MR) is 180 cm³/mol. The highest BCUT2D eigenvalue weighted by molar-refractivity contribution is 5.98. The van der Waals surface area contributed by atoms with Gasteiger partial charge in [-0.05, 0) is 24.3 Å². The molecule has 18 nitrogen and oxygen atoms in total. The molecule has 0 saturated carbocycles. The monoisotopic (exact) mass is 771 g/mol. The van der Waals surface area contributed by atoms with Crippen molar-refractivity contribution < 1.29 is 65.6 Å². The molecule has 0 aliphatic carbocycles. The Labute approximate surface area is 308 Å². The lowest BCUT2D eigenvalue weighted by Crippen LogP contribution is -2.65. The van der Waals surface area contributed by atoms with Gasteiger partial charge in [0.25, 0.3) is 5.88 Å². The lowest BCUT2D eigenvalue weighted by Gasteiger charge is -2.45. The third-order valence-corrected chi connectivity index (χ3v) is 7.63. The molecule has 55 heavy (non-hydrogen) atoms. The van der Waals surface area contributed by atoms with E-state index in [9.17, 15) is 41.9 Å². The lowest BCUT2D eigenvalue weighted by atomic mass is 9.94. The summed E-state index contributed by atoms with van der Waals surface area (Å²) in [5.74, 6) is -7.06. The quantitative estimate of drug-likeness (QED) is 0.174. The average Bonchev–Trinajstić information content (AvgIpc) is 3.53. The fourth-order valence-electron chi connectivity index (χ4n) is 5.58. The van der Waals surface area contributed by atoms with E-state index in [2.05, 4.69) is 20.3 Å². The van der Waals surface area contributed by atoms with Gasteiger partial charge in [-0.2, -0.15) is 23.1 Å². The van der Waals surface area contributed by atoms with Crippen LogP contribution in [0.2, 0.25) is 0 Å². The van der Waals surface area contributed by atoms with Gasteiger partial charge in [-0.15, -0.1) is 0 Å². The molecule has 3 heterocycles. The van der Waals surface area contributed by atoms with E-state index in [-0.39, 0.29) is 11.2 Å². The van der Waals surface area contributed by atoms with Crippen LogP contribution in [0.1, 0.15) is 33.9 Å². The number of carbonyl (C=O) groups excluding carboxylic acids is 6. The smallest absolute Gasteiger partial charge is 0.463 e. The summed E-state index contributed by atoms with van der Waals surface area (Å²) in [6.45, 7) is 3.35. The Kier molecular flexibility index (Phi) is 11.9. The highest BCUT2D eigenvalue weighted by Gasteiger charge is 2.54. The van der Waals surface area contributed by atoms with Crippen LogP contribution in [0.15, 0.2) is 67.0 Å². The average molecular weight is 772 g/mol. The minimum Gasteiger partial charge on any atom is -0.463 e. The number of benzene rings is 2. The number of aromatic nitrogens is 4. The normalized spacial score (nSPS) is 19.4. The first kappa shape index (κ1) is 39.6. The molecular formula is C34H32F3N7O11. The van der Waals surface area contributed by atoms with Gasteiger partial charge >= 0.3 is 36.1 Å². The molecule has 1 aliphatic heterocycles. The van der Waals surface area contributed by atoms with E-state index in [4.69, 9.17) is 23.7 Å². The number of anilines is 3. The number of ether oxygens (including phenoxy) is 5. The van der Waals surface area contributed by atoms with Gasteiger partial charge in [0.2, 0.25) is 11.9 Å². The van der Waals surface area contributed by atoms with E-state index < -0.39 is 91.0 Å². The maximum atomic E-state index is 14.1. The lowest BCUT2D eigenvalue weighted by molar-refractivity contribution is -0.239. The number of imidazole rings is 1. The van der Waals surface area contributed by atoms with E-state index >= 15 is 0 Å². The third kappa shape index (κ3) is 9.48. The number of alkyl halides is 3. The molecule has 4 aromatic rings. The summed E-state index contributed by atoms with van der Waals surface area (Å²) >= 11 is 0. The summed E-state index contributed by atoms with van der Waals surface area (Å²) in [5, 5.41) is 4.08. The van der Waals surface area contributed by atoms with Gasteiger partial charge in [-0.25, -0.2) is 14.7 Å². The number of halogens is 3. The van der Waals surface area contributed by atoms with Crippen LogP contribution < -0.4 is 20.3 Å². The molecule has 5 rings (SSSR count). The van der Waals surface area contributed by atoms with Gasteiger partial charge < -0.3 is 29.0 Å². The van der Waals surface area contributed by atoms with Crippen molar-refractivity contribution in [3.05, 3.63) is 67.0 Å². The van der Waals surface area contributed by atoms with Crippen molar-refractivity contribution in [2.75, 3.05) is 16.8 Å². The summed E-state index contributed by atoms with van der Waals surface area (Å²) in [5.41, 5.74) is 0.0524. The molecular weight excluding hydrogens is 739 g/mol. The van der Waals surface area contributed by atoms with Crippen LogP contribution in [0.4, 0.5) is 35.3 Å². The molecule has 2 aromatic heterocycles. The molecule has 5 atom stereocenters. The van der Waals surface area contributed by atoms with Crippen LogP contribution in [0.5, 0.6) is 5.88 Å². The standard InChI is InChI=1S/C34H32F3N7O11/c1-17(45)39-32-41-28-25(29(42-32)55-33(50)44(21-11-7-5-8-12-21)22-13-9-6-10-14-22)43(16-38-28)30-24(40-31(49)34(35,36)37)27(53-20(4)48)26(52-19(3)47)23(54-30)15-51-18(2)46/h5-14,16,23-24,26-27,30H,15H2,1-4H3,(H,40,49)(H,39,41,42,45)/t23-,24-,26-,27-,30-/m1/s1. The molecule has 290 valence electrons. The molecule has 0 radical (unpaired) electrons. The Morgan fingerprint density at radius 2 is 1.42 bits per heavy atom. The summed E-state index contributed by atoms with van der Waals surface area (Å²) < 4.78 is 70.0. The van der Waals surface area contributed by atoms with Crippen molar-refractivity contribution in [2.24, 2.45) is 0 Å². The Morgan fingerprint density at radius 3 is 1.95 bits per heavy atom. The first-order chi connectivity index (χ1) is 26.0. The van der Waals surface area contributed by atoms with Crippen LogP contribution in [-0.2, 0) is 42.9 Å². The van der Waals surface area contributed by atoms with E-state index in [0.717, 1.165) is 38.6 Å². The van der Waals surface area contributed by atoms with Crippen LogP contribution in [0.3, 0.4) is 0 Å². The summed E-state index contributed by atoms with van der Waals surface area (Å²) in [6, 6.07) is 14.5. The third-order valence-electron chi connectivity index (χ3n) is 7.63. The Balaban J connectivity index is 1.71. The highest BCUT2D eigenvalue weighted by atomic mass is 19.4. The number of nitrogens with one attached hydrogen (secondary N) is 2. The zero-order valence-corrected chi connectivity index (χ0v) is 29.3. The number of esters is 3. The maximum absolute atomic E-state index is 14.1. The minimum absolute atomic E-state index is 0.306. The summed E-state index contributed by atoms with van der Waals surface area (Å²) in [7, 11) is 0. The van der Waals surface area contributed by atoms with Gasteiger partial charge in [0.05, 0.1) is 11.4 Å². The number of nitrogens with zero attached hydrogens (tertiary/aromatic N) is 5. The number of amides is 3. The predicted octanol–water partition coefficient (Wildman–Crippen LogP) is 3.49. The van der Waals surface area contributed by atoms with E-state index in [1.54, 1.807) is 66.0 Å². The molecule has 2 aromatic carbocycles. The number of para-hydroxylation sites is 2. The molecule has 3 amide bonds. The molecule has 1 aliphatic rings. The van der Waals surface area contributed by atoms with E-state index in [1.807, 2.05) is 0 Å². The van der Waals surface area contributed by atoms with Crippen LogP contribution in [-0.4, -0.2) is 92.5 Å². The van der Waals surface area contributed by atoms with Gasteiger partial charge in [0.15, 0.2) is 29.6 Å². The Morgan fingerprint density at radius 1 is 0.836 bits per heavy atom. The summed E-state index contributed by atoms with van der Waals surface area (Å²) in [6.07, 6.45) is -12.7. The summed E-state index contributed by atoms with van der Waals surface area (Å²) in [4.78, 5) is 88.7. The molecule has 0 bridgehead atoms. The number of carbonyl (C=O) groups is 6. The van der Waals surface area contributed by atoms with Crippen molar-refractivity contribution in [1.29, 1.82) is 0 Å². The second-order valence-electron chi connectivity index (χ2n) is 11.7. The Hall–Kier alpha value is -6.64. The molecule has 21 heteroatoms. The van der Waals surface area contributed by atoms with Gasteiger partial charge in [-0.1, -0.05) is 36.4 Å². The molecule has 2 N–H and O–H groups in total. The van der Waals surface area contributed by atoms with Crippen molar-refractivity contribution in [3.63, 3.8) is 0 Å². The number of rotatable bonds is 10. The van der Waals surface area contributed by atoms with Gasteiger partial charge in [-0.3, -0.25) is 33.9 Å². The second-order valence-corrected chi connectivity index (χ2v) is 11.7. The second kappa shape index (κ2) is 16.6. The zero-order valence-electron chi connectivity index (χ0n) is 29.3. The number of hydrogen-bond acceptors (Lipinski definition) is 14. The zero-order chi connectivity index (χ0) is 40.0. The number of fused-ring (bicyclic) bond motifs is 1. The largest absolute Gasteiger partial charge is 0.471 e. The van der Waals surface area contributed by atoms with Crippen molar-refractivity contribution >= 4 is 64.3 Å². The SMILES string of the molecule is CC(=O)Nc1nc(OC(=O)N(c2ccccc2)c2ccccc2)c2c(ncn2[C@@H]2O[C@H](COC(C)=O)[C@@H](OC(C)=O)[C@H](OC(C)=O)[C@H]2NC(=O)C(F)(F)F)n1. The maximum Gasteiger partial charge on any atom is 0.471 e. The number of hydrogen-bond donors (Lipinski definition) is 2. The van der Waals surface area contributed by atoms with Crippen LogP contribution in [0, 0.1) is 0 Å². The van der Waals surface area contributed by atoms with Crippen LogP contribution >= 0.6 is 0 Å². The fraction of sp³-hybridized carbons (Fsp3) is 0.324. The van der Waals surface area contributed by atoms with Crippen LogP contribution in [0.25, 0.3) is 11.2 Å². The highest BCUT2D eigenvalue weighted by Crippen LogP contribution is 2.37.